The van der Waals surface area contributed by atoms with Crippen LogP contribution >= 0.6 is 23.2 Å². The highest BCUT2D eigenvalue weighted by Gasteiger charge is 2.51. The van der Waals surface area contributed by atoms with Gasteiger partial charge in [-0.25, -0.2) is 4.99 Å². The van der Waals surface area contributed by atoms with Crippen LogP contribution < -0.4 is 26.7 Å². The topological polar surface area (TPSA) is 83.9 Å². The number of carbonyl (C=O) groups excluding carboxylic acids is 1. The van der Waals surface area contributed by atoms with Gasteiger partial charge in [-0.05, 0) is 60.9 Å². The predicted octanol–water partition coefficient (Wildman–Crippen LogP) is 3.38. The van der Waals surface area contributed by atoms with Gasteiger partial charge in [-0.2, -0.15) is 0 Å². The highest BCUT2D eigenvalue weighted by atomic mass is 35.5. The van der Waals surface area contributed by atoms with Crippen LogP contribution in [0.4, 0.5) is 11.4 Å². The van der Waals surface area contributed by atoms with Crippen molar-refractivity contribution in [2.45, 2.75) is 18.3 Å². The number of benzene rings is 2. The van der Waals surface area contributed by atoms with Crippen molar-refractivity contribution >= 4 is 46.3 Å². The van der Waals surface area contributed by atoms with E-state index < -0.39 is 5.41 Å². The van der Waals surface area contributed by atoms with Crippen LogP contribution in [0.15, 0.2) is 64.2 Å². The quantitative estimate of drug-likeness (QED) is 0.651. The molecule has 1 saturated carbocycles. The number of hydrogen-bond donors (Lipinski definition) is 2. The van der Waals surface area contributed by atoms with Crippen molar-refractivity contribution in [2.75, 3.05) is 16.9 Å². The van der Waals surface area contributed by atoms with Crippen LogP contribution in [-0.4, -0.2) is 12.6 Å². The van der Waals surface area contributed by atoms with E-state index in [1.807, 2.05) is 35.2 Å². The van der Waals surface area contributed by atoms with E-state index in [1.54, 1.807) is 24.5 Å². The van der Waals surface area contributed by atoms with Crippen molar-refractivity contribution in [1.82, 2.24) is 0 Å². The van der Waals surface area contributed by atoms with E-state index in [1.165, 1.54) is 0 Å². The highest BCUT2D eigenvalue weighted by Crippen LogP contribution is 2.50. The summed E-state index contributed by atoms with van der Waals surface area (Å²) in [4.78, 5) is 19.3. The molecule has 5 rings (SSSR count). The van der Waals surface area contributed by atoms with Gasteiger partial charge in [0.2, 0.25) is 11.5 Å². The first kappa shape index (κ1) is 19.0. The van der Waals surface area contributed by atoms with Crippen LogP contribution in [0.1, 0.15) is 18.4 Å². The molecular weight excluding hydrogens is 423 g/mol. The third-order valence-electron chi connectivity index (χ3n) is 5.66. The van der Waals surface area contributed by atoms with Gasteiger partial charge in [0, 0.05) is 11.4 Å². The van der Waals surface area contributed by atoms with Gasteiger partial charge in [0.15, 0.2) is 0 Å². The zero-order valence-electron chi connectivity index (χ0n) is 15.9. The Morgan fingerprint density at radius 2 is 1.87 bits per heavy atom. The molecule has 2 aromatic carbocycles. The summed E-state index contributed by atoms with van der Waals surface area (Å²) in [5.41, 5.74) is 8.75. The van der Waals surface area contributed by atoms with Crippen LogP contribution in [0, 0.1) is 0 Å². The number of rotatable bonds is 4. The maximum atomic E-state index is 13.0. The summed E-state index contributed by atoms with van der Waals surface area (Å²) in [5, 5.41) is 4.73. The largest absolute Gasteiger partial charge is 0.446 e. The molecular formula is C22H18Cl2N4O2. The summed E-state index contributed by atoms with van der Waals surface area (Å²) in [7, 11) is 0. The molecule has 0 spiro atoms. The third-order valence-corrected chi connectivity index (χ3v) is 6.40. The lowest BCUT2D eigenvalue weighted by Gasteiger charge is -2.24. The standard InChI is InChI=1S/C22H18Cl2N4O2/c23-17-6-1-13(11-18(17)24)22(8-9-22)21(29)27-14-2-4-15(5-3-14)28-12-26-20-16(19(28)25)7-10-30-20/h1-7,10-11H,8-9,12,25H2,(H,27,29). The van der Waals surface area contributed by atoms with Gasteiger partial charge in [-0.1, -0.05) is 29.3 Å². The van der Waals surface area contributed by atoms with Crippen molar-refractivity contribution in [1.29, 1.82) is 0 Å². The second-order valence-corrected chi connectivity index (χ2v) is 8.28. The van der Waals surface area contributed by atoms with Gasteiger partial charge in [0.05, 0.1) is 26.9 Å². The molecule has 1 fully saturated rings. The van der Waals surface area contributed by atoms with E-state index in [0.29, 0.717) is 33.8 Å². The molecule has 3 aromatic rings. The Balaban J connectivity index is 1.34. The number of fused-ring (bicyclic) bond motifs is 1. The molecule has 2 aliphatic rings. The van der Waals surface area contributed by atoms with E-state index in [0.717, 1.165) is 29.3 Å². The summed E-state index contributed by atoms with van der Waals surface area (Å²) in [6, 6.07) is 14.7. The van der Waals surface area contributed by atoms with E-state index in [4.69, 9.17) is 33.4 Å². The molecule has 0 radical (unpaired) electrons. The summed E-state index contributed by atoms with van der Waals surface area (Å²) in [6.07, 6.45) is 3.14. The molecule has 1 amide bonds. The van der Waals surface area contributed by atoms with Gasteiger partial charge in [0.25, 0.3) is 0 Å². The first-order chi connectivity index (χ1) is 14.5. The Morgan fingerprint density at radius 3 is 2.57 bits per heavy atom. The normalized spacial score (nSPS) is 16.6. The average Bonchev–Trinajstić information content (AvgIpc) is 3.42. The zero-order chi connectivity index (χ0) is 20.9. The number of nitrogens with two attached hydrogens (primary N) is 1. The first-order valence-corrected chi connectivity index (χ1v) is 10.3. The summed E-state index contributed by atoms with van der Waals surface area (Å²) >= 11 is 12.2. The number of furan rings is 1. The van der Waals surface area contributed by atoms with Crippen molar-refractivity contribution in [3.63, 3.8) is 0 Å². The second kappa shape index (κ2) is 7.07. The first-order valence-electron chi connectivity index (χ1n) is 9.50. The minimum Gasteiger partial charge on any atom is -0.446 e. The Bertz CT molecular complexity index is 1260. The zero-order valence-corrected chi connectivity index (χ0v) is 17.4. The number of nitrogens with one attached hydrogen (secondary N) is 1. The number of nitrogens with zero attached hydrogens (tertiary/aromatic N) is 2. The van der Waals surface area contributed by atoms with Crippen LogP contribution in [0.25, 0.3) is 5.82 Å². The molecule has 0 unspecified atom stereocenters. The molecule has 0 bridgehead atoms. The number of halogens is 2. The lowest BCUT2D eigenvalue weighted by atomic mass is 9.95. The molecule has 0 saturated heterocycles. The van der Waals surface area contributed by atoms with Gasteiger partial charge >= 0.3 is 0 Å². The molecule has 1 aliphatic heterocycles. The lowest BCUT2D eigenvalue weighted by Crippen LogP contribution is -2.42. The highest BCUT2D eigenvalue weighted by molar-refractivity contribution is 6.42. The summed E-state index contributed by atoms with van der Waals surface area (Å²) in [6.45, 7) is 0.374. The van der Waals surface area contributed by atoms with Crippen molar-refractivity contribution in [2.24, 2.45) is 10.7 Å². The van der Waals surface area contributed by atoms with Crippen LogP contribution in [-0.2, 0) is 10.2 Å². The van der Waals surface area contributed by atoms with Gasteiger partial charge in [-0.3, -0.25) is 4.79 Å². The van der Waals surface area contributed by atoms with E-state index >= 15 is 0 Å². The average molecular weight is 441 g/mol. The van der Waals surface area contributed by atoms with Crippen molar-refractivity contribution < 1.29 is 9.21 Å². The Kier molecular flexibility index (Phi) is 4.49. The fourth-order valence-corrected chi connectivity index (χ4v) is 4.04. The monoisotopic (exact) mass is 440 g/mol. The SMILES string of the molecule is NC1=c2ccoc2=NCN1c1ccc(NC(=O)C2(c3ccc(Cl)c(Cl)c3)CC2)cc1. The Labute approximate surface area is 182 Å². The molecule has 3 N–H and O–H groups in total. The molecule has 0 atom stereocenters. The maximum absolute atomic E-state index is 13.0. The Morgan fingerprint density at radius 1 is 1.10 bits per heavy atom. The molecule has 30 heavy (non-hydrogen) atoms. The van der Waals surface area contributed by atoms with Crippen molar-refractivity contribution in [3.05, 3.63) is 81.2 Å². The lowest BCUT2D eigenvalue weighted by molar-refractivity contribution is -0.118. The summed E-state index contributed by atoms with van der Waals surface area (Å²) in [5.74, 6) is 0.540. The minimum absolute atomic E-state index is 0.0456. The smallest absolute Gasteiger partial charge is 0.235 e. The molecule has 152 valence electrons. The Hall–Kier alpha value is -2.96. The molecule has 1 aliphatic carbocycles. The number of anilines is 2. The maximum Gasteiger partial charge on any atom is 0.235 e. The van der Waals surface area contributed by atoms with Gasteiger partial charge in [-0.15, -0.1) is 0 Å². The number of carbonyl (C=O) groups is 1. The molecule has 2 heterocycles. The predicted molar refractivity (Wildman–Crippen MR) is 117 cm³/mol. The minimum atomic E-state index is -0.547. The van der Waals surface area contributed by atoms with Gasteiger partial charge in [0.1, 0.15) is 12.5 Å². The number of hydrogen-bond acceptors (Lipinski definition) is 5. The van der Waals surface area contributed by atoms with E-state index in [2.05, 4.69) is 10.3 Å². The van der Waals surface area contributed by atoms with E-state index in [-0.39, 0.29) is 5.91 Å². The van der Waals surface area contributed by atoms with E-state index in [9.17, 15) is 4.79 Å². The van der Waals surface area contributed by atoms with Crippen LogP contribution in [0.2, 0.25) is 10.0 Å². The fraction of sp³-hybridized carbons (Fsp3) is 0.182. The molecule has 8 heteroatoms. The van der Waals surface area contributed by atoms with Crippen LogP contribution in [0.3, 0.4) is 0 Å². The number of amides is 1. The summed E-state index contributed by atoms with van der Waals surface area (Å²) < 4.78 is 5.30. The van der Waals surface area contributed by atoms with Gasteiger partial charge < -0.3 is 20.4 Å². The molecule has 1 aromatic heterocycles. The fourth-order valence-electron chi connectivity index (χ4n) is 3.74. The molecule has 6 nitrogen and oxygen atoms in total. The second-order valence-electron chi connectivity index (χ2n) is 7.46. The van der Waals surface area contributed by atoms with Crippen molar-refractivity contribution in [3.8, 4) is 0 Å². The van der Waals surface area contributed by atoms with Crippen LogP contribution in [0.5, 0.6) is 0 Å². The third kappa shape index (κ3) is 3.13.